The van der Waals surface area contributed by atoms with Gasteiger partial charge in [-0.15, -0.1) is 0 Å². The Kier molecular flexibility index (Phi) is 3.28. The molecule has 0 spiro atoms. The van der Waals surface area contributed by atoms with Crippen molar-refractivity contribution >= 4 is 6.21 Å². The topological polar surface area (TPSA) is 12.2 Å². The minimum Gasteiger partial charge on any atom is -0.275 e. The molecule has 0 atom stereocenters. The van der Waals surface area contributed by atoms with Crippen LogP contribution >= 0.6 is 0 Å². The molecule has 0 bridgehead atoms. The van der Waals surface area contributed by atoms with E-state index in [2.05, 4.69) is 26.0 Å². The van der Waals surface area contributed by atoms with Gasteiger partial charge in [0.15, 0.2) is 0 Å². The van der Waals surface area contributed by atoms with Crippen LogP contribution in [0.4, 0.5) is 0 Å². The van der Waals surface area contributed by atoms with Gasteiger partial charge in [-0.25, -0.2) is 0 Å². The van der Waals surface area contributed by atoms with Crippen molar-refractivity contribution in [3.05, 3.63) is 36.1 Å². The summed E-state index contributed by atoms with van der Waals surface area (Å²) in [7, 11) is 1.66. The molecule has 0 saturated heterocycles. The second-order valence-electron chi connectivity index (χ2n) is 3.95. The predicted octanol–water partition coefficient (Wildman–Crippen LogP) is 2.69. The highest BCUT2D eigenvalue weighted by Crippen LogP contribution is 2.20. The van der Waals surface area contributed by atoms with Gasteiger partial charge in [-0.2, -0.15) is 0 Å². The van der Waals surface area contributed by atoms with E-state index in [9.17, 15) is 0 Å². The number of hydroxylamine groups is 1. The number of hydrogen-bond donors (Lipinski definition) is 0. The van der Waals surface area contributed by atoms with Crippen LogP contribution in [0.2, 0.25) is 0 Å². The highest BCUT2D eigenvalue weighted by Gasteiger charge is 2.21. The van der Waals surface area contributed by atoms with Gasteiger partial charge in [0.2, 0.25) is 12.4 Å². The van der Waals surface area contributed by atoms with Gasteiger partial charge in [0, 0.05) is 10.8 Å². The maximum absolute atomic E-state index is 5.17. The van der Waals surface area contributed by atoms with E-state index in [0.29, 0.717) is 0 Å². The Hall–Kier alpha value is -1.31. The summed E-state index contributed by atoms with van der Waals surface area (Å²) < 4.78 is 1.73. The lowest BCUT2D eigenvalue weighted by Crippen LogP contribution is -2.16. The molecule has 0 aromatic rings. The third kappa shape index (κ3) is 2.87. The molecule has 0 aliphatic carbocycles. The van der Waals surface area contributed by atoms with E-state index in [1.807, 2.05) is 31.5 Å². The monoisotopic (exact) mass is 192 g/mol. The lowest BCUT2D eigenvalue weighted by Gasteiger charge is -2.09. The molecule has 0 unspecified atom stereocenters. The molecule has 14 heavy (non-hydrogen) atoms. The number of hydrogen-bond acceptors (Lipinski definition) is 1. The lowest BCUT2D eigenvalue weighted by molar-refractivity contribution is -0.730. The maximum atomic E-state index is 5.17. The molecule has 2 heteroatoms. The summed E-state index contributed by atoms with van der Waals surface area (Å²) in [5.41, 5.74) is 1.21. The summed E-state index contributed by atoms with van der Waals surface area (Å²) in [6.45, 7) is 6.31. The normalized spacial score (nSPS) is 20.3. The zero-order valence-electron chi connectivity index (χ0n) is 9.32. The van der Waals surface area contributed by atoms with E-state index in [1.165, 1.54) is 5.57 Å². The van der Waals surface area contributed by atoms with Gasteiger partial charge in [-0.3, -0.25) is 4.84 Å². The fraction of sp³-hybridized carbons (Fsp3) is 0.417. The van der Waals surface area contributed by atoms with Crippen molar-refractivity contribution in [1.82, 2.24) is 0 Å². The fourth-order valence-corrected chi connectivity index (χ4v) is 1.46. The SMILES string of the molecule is C/C=C/C1=CC(C)(C)C=[N+](OC)C=C1. The molecule has 0 radical (unpaired) electrons. The Morgan fingerprint density at radius 2 is 2.14 bits per heavy atom. The Balaban J connectivity index is 3.03. The Bertz CT molecular complexity index is 319. The van der Waals surface area contributed by atoms with Gasteiger partial charge < -0.3 is 0 Å². The first-order valence-electron chi connectivity index (χ1n) is 4.79. The molecule has 1 aliphatic heterocycles. The second kappa shape index (κ2) is 4.27. The molecule has 0 aromatic carbocycles. The molecule has 1 rings (SSSR count). The lowest BCUT2D eigenvalue weighted by atomic mass is 9.92. The smallest absolute Gasteiger partial charge is 0.222 e. The molecular weight excluding hydrogens is 174 g/mol. The summed E-state index contributed by atoms with van der Waals surface area (Å²) in [5.74, 6) is 0. The molecule has 1 heterocycles. The van der Waals surface area contributed by atoms with Crippen LogP contribution in [-0.4, -0.2) is 18.1 Å². The average Bonchev–Trinajstić information content (AvgIpc) is 2.24. The van der Waals surface area contributed by atoms with Gasteiger partial charge in [-0.1, -0.05) is 18.2 Å². The van der Waals surface area contributed by atoms with Gasteiger partial charge >= 0.3 is 0 Å². The molecule has 2 nitrogen and oxygen atoms in total. The van der Waals surface area contributed by atoms with Crippen molar-refractivity contribution in [2.75, 3.05) is 7.11 Å². The Morgan fingerprint density at radius 1 is 1.43 bits per heavy atom. The van der Waals surface area contributed by atoms with Crippen molar-refractivity contribution < 1.29 is 9.58 Å². The molecule has 0 fully saturated rings. The van der Waals surface area contributed by atoms with E-state index < -0.39 is 0 Å². The summed E-state index contributed by atoms with van der Waals surface area (Å²) >= 11 is 0. The quantitative estimate of drug-likeness (QED) is 0.613. The Labute approximate surface area is 85.9 Å². The minimum atomic E-state index is 0.00829. The third-order valence-corrected chi connectivity index (χ3v) is 1.98. The standard InChI is InChI=1S/C12H18NO/c1-5-6-11-7-8-13(14-4)10-12(2,3)9-11/h5-10H,1-4H3/q+1/b6-5+. The van der Waals surface area contributed by atoms with E-state index in [0.717, 1.165) is 0 Å². The van der Waals surface area contributed by atoms with Crippen LogP contribution in [0.25, 0.3) is 0 Å². The molecule has 0 N–H and O–H groups in total. The van der Waals surface area contributed by atoms with E-state index in [1.54, 1.807) is 11.8 Å². The first-order valence-corrected chi connectivity index (χ1v) is 4.79. The number of allylic oxidation sites excluding steroid dienone is 5. The largest absolute Gasteiger partial charge is 0.275 e. The van der Waals surface area contributed by atoms with Crippen molar-refractivity contribution in [3.8, 4) is 0 Å². The van der Waals surface area contributed by atoms with Gasteiger partial charge in [0.05, 0.1) is 5.41 Å². The predicted molar refractivity (Wildman–Crippen MR) is 59.2 cm³/mol. The molecule has 76 valence electrons. The van der Waals surface area contributed by atoms with Crippen LogP contribution in [0.15, 0.2) is 36.1 Å². The van der Waals surface area contributed by atoms with Crippen molar-refractivity contribution in [1.29, 1.82) is 0 Å². The van der Waals surface area contributed by atoms with Gasteiger partial charge in [0.1, 0.15) is 7.11 Å². The molecule has 1 aliphatic rings. The van der Waals surface area contributed by atoms with Gasteiger partial charge in [0.25, 0.3) is 0 Å². The van der Waals surface area contributed by atoms with Gasteiger partial charge in [-0.05, 0) is 26.3 Å². The van der Waals surface area contributed by atoms with Crippen LogP contribution in [0.3, 0.4) is 0 Å². The molecule has 0 saturated carbocycles. The first kappa shape index (κ1) is 10.8. The van der Waals surface area contributed by atoms with E-state index in [-0.39, 0.29) is 5.41 Å². The summed E-state index contributed by atoms with van der Waals surface area (Å²) in [6, 6.07) is 0. The fourth-order valence-electron chi connectivity index (χ4n) is 1.46. The van der Waals surface area contributed by atoms with Crippen LogP contribution in [0.5, 0.6) is 0 Å². The highest BCUT2D eigenvalue weighted by atomic mass is 16.6. The molecular formula is C12H18NO+. The van der Waals surface area contributed by atoms with Crippen LogP contribution < -0.4 is 0 Å². The van der Waals surface area contributed by atoms with Crippen LogP contribution in [-0.2, 0) is 4.84 Å². The Morgan fingerprint density at radius 3 is 2.71 bits per heavy atom. The highest BCUT2D eigenvalue weighted by molar-refractivity contribution is 5.64. The maximum Gasteiger partial charge on any atom is 0.222 e. The first-order chi connectivity index (χ1) is 6.57. The summed E-state index contributed by atoms with van der Waals surface area (Å²) in [6.07, 6.45) is 12.3. The third-order valence-electron chi connectivity index (χ3n) is 1.98. The van der Waals surface area contributed by atoms with Crippen LogP contribution in [0.1, 0.15) is 20.8 Å². The summed E-state index contributed by atoms with van der Waals surface area (Å²) in [5, 5.41) is 0. The van der Waals surface area contributed by atoms with Crippen LogP contribution in [0, 0.1) is 5.41 Å². The summed E-state index contributed by atoms with van der Waals surface area (Å²) in [4.78, 5) is 5.17. The zero-order chi connectivity index (χ0) is 10.6. The molecule has 0 aromatic heterocycles. The van der Waals surface area contributed by atoms with E-state index >= 15 is 0 Å². The zero-order valence-corrected chi connectivity index (χ0v) is 9.32. The van der Waals surface area contributed by atoms with E-state index in [4.69, 9.17) is 4.84 Å². The van der Waals surface area contributed by atoms with Crippen molar-refractivity contribution in [2.45, 2.75) is 20.8 Å². The number of nitrogens with zero attached hydrogens (tertiary/aromatic N) is 1. The second-order valence-corrected chi connectivity index (χ2v) is 3.95. The number of rotatable bonds is 2. The average molecular weight is 192 g/mol. The molecule has 0 amide bonds. The van der Waals surface area contributed by atoms with Crippen molar-refractivity contribution in [3.63, 3.8) is 0 Å². The minimum absolute atomic E-state index is 0.00829. The van der Waals surface area contributed by atoms with Crippen molar-refractivity contribution in [2.24, 2.45) is 5.41 Å².